The van der Waals surface area contributed by atoms with Crippen LogP contribution in [0.15, 0.2) is 0 Å². The van der Waals surface area contributed by atoms with E-state index in [0.29, 0.717) is 19.4 Å². The van der Waals surface area contributed by atoms with Crippen LogP contribution in [0.2, 0.25) is 0 Å². The van der Waals surface area contributed by atoms with E-state index in [0.717, 1.165) is 12.8 Å². The SMILES string of the molecule is CCCCCCCCCCCCOC(=O)C(CC)(CC)C(=O)OCC. The van der Waals surface area contributed by atoms with Crippen molar-refractivity contribution in [2.24, 2.45) is 5.41 Å². The zero-order valence-electron chi connectivity index (χ0n) is 17.0. The predicted molar refractivity (Wildman–Crippen MR) is 102 cm³/mol. The lowest BCUT2D eigenvalue weighted by Crippen LogP contribution is -2.41. The molecule has 148 valence electrons. The molecular weight excluding hydrogens is 316 g/mol. The molecule has 0 aliphatic rings. The first kappa shape index (κ1) is 23.9. The number of carbonyl (C=O) groups excluding carboxylic acids is 2. The van der Waals surface area contributed by atoms with Crippen LogP contribution >= 0.6 is 0 Å². The number of carbonyl (C=O) groups is 2. The van der Waals surface area contributed by atoms with Crippen LogP contribution in [0.4, 0.5) is 0 Å². The van der Waals surface area contributed by atoms with Crippen LogP contribution in [0, 0.1) is 5.41 Å². The van der Waals surface area contributed by atoms with Gasteiger partial charge in [0.15, 0.2) is 5.41 Å². The molecule has 0 N–H and O–H groups in total. The maximum absolute atomic E-state index is 12.4. The fourth-order valence-electron chi connectivity index (χ4n) is 3.07. The van der Waals surface area contributed by atoms with Gasteiger partial charge in [-0.15, -0.1) is 0 Å². The minimum atomic E-state index is -1.13. The minimum absolute atomic E-state index is 0.284. The molecule has 0 spiro atoms. The van der Waals surface area contributed by atoms with Crippen LogP contribution < -0.4 is 0 Å². The lowest BCUT2D eigenvalue weighted by Gasteiger charge is -2.26. The first-order chi connectivity index (χ1) is 12.1. The topological polar surface area (TPSA) is 52.6 Å². The summed E-state index contributed by atoms with van der Waals surface area (Å²) in [5, 5.41) is 0. The summed E-state index contributed by atoms with van der Waals surface area (Å²) in [6.07, 6.45) is 13.2. The Morgan fingerprint density at radius 3 is 1.52 bits per heavy atom. The molecule has 0 saturated carbocycles. The third-order valence-electron chi connectivity index (χ3n) is 5.00. The van der Waals surface area contributed by atoms with Crippen molar-refractivity contribution >= 4 is 11.9 Å². The molecule has 0 aromatic heterocycles. The molecule has 25 heavy (non-hydrogen) atoms. The van der Waals surface area contributed by atoms with Gasteiger partial charge >= 0.3 is 11.9 Å². The summed E-state index contributed by atoms with van der Waals surface area (Å²) in [6.45, 7) is 8.35. The quantitative estimate of drug-likeness (QED) is 0.199. The lowest BCUT2D eigenvalue weighted by molar-refractivity contribution is -0.173. The Balaban J connectivity index is 3.88. The Bertz CT molecular complexity index is 348. The minimum Gasteiger partial charge on any atom is -0.465 e. The summed E-state index contributed by atoms with van der Waals surface area (Å²) in [6, 6.07) is 0. The highest BCUT2D eigenvalue weighted by atomic mass is 16.6. The van der Waals surface area contributed by atoms with Crippen molar-refractivity contribution in [3.05, 3.63) is 0 Å². The van der Waals surface area contributed by atoms with Gasteiger partial charge in [0.25, 0.3) is 0 Å². The summed E-state index contributed by atoms with van der Waals surface area (Å²) < 4.78 is 10.5. The fourth-order valence-corrected chi connectivity index (χ4v) is 3.07. The van der Waals surface area contributed by atoms with E-state index in [4.69, 9.17) is 9.47 Å². The number of rotatable bonds is 16. The van der Waals surface area contributed by atoms with Crippen LogP contribution in [0.5, 0.6) is 0 Å². The van der Waals surface area contributed by atoms with Gasteiger partial charge in [0, 0.05) is 0 Å². The molecule has 0 radical (unpaired) electrons. The van der Waals surface area contributed by atoms with Crippen LogP contribution in [-0.2, 0) is 19.1 Å². The Morgan fingerprint density at radius 2 is 1.08 bits per heavy atom. The molecule has 4 nitrogen and oxygen atoms in total. The van der Waals surface area contributed by atoms with E-state index >= 15 is 0 Å². The summed E-state index contributed by atoms with van der Waals surface area (Å²) in [4.78, 5) is 24.5. The summed E-state index contributed by atoms with van der Waals surface area (Å²) >= 11 is 0. The molecular formula is C21H40O4. The van der Waals surface area contributed by atoms with Gasteiger partial charge in [0.1, 0.15) is 0 Å². The van der Waals surface area contributed by atoms with Gasteiger partial charge in [-0.05, 0) is 26.2 Å². The summed E-state index contributed by atoms with van der Waals surface area (Å²) in [5.41, 5.74) is -1.13. The standard InChI is InChI=1S/C21H40O4/c1-5-9-10-11-12-13-14-15-16-17-18-25-20(23)21(6-2,7-3)19(22)24-8-4/h5-18H2,1-4H3. The normalized spacial score (nSPS) is 11.4. The van der Waals surface area contributed by atoms with Gasteiger partial charge in [-0.3, -0.25) is 9.59 Å². The van der Waals surface area contributed by atoms with Gasteiger partial charge in [0.2, 0.25) is 0 Å². The maximum Gasteiger partial charge on any atom is 0.323 e. The maximum atomic E-state index is 12.4. The average molecular weight is 357 g/mol. The van der Waals surface area contributed by atoms with Crippen molar-refractivity contribution in [2.75, 3.05) is 13.2 Å². The number of ether oxygens (including phenoxy) is 2. The Hall–Kier alpha value is -1.06. The van der Waals surface area contributed by atoms with E-state index in [1.165, 1.54) is 51.4 Å². The predicted octanol–water partition coefficient (Wildman–Crippen LogP) is 5.82. The van der Waals surface area contributed by atoms with Crippen LogP contribution in [0.1, 0.15) is 105 Å². The molecule has 0 saturated heterocycles. The van der Waals surface area contributed by atoms with E-state index < -0.39 is 17.4 Å². The van der Waals surface area contributed by atoms with Crippen LogP contribution in [0.25, 0.3) is 0 Å². The highest BCUT2D eigenvalue weighted by molar-refractivity contribution is 5.99. The highest BCUT2D eigenvalue weighted by Gasteiger charge is 2.45. The zero-order valence-corrected chi connectivity index (χ0v) is 17.0. The second kappa shape index (κ2) is 15.2. The van der Waals surface area contributed by atoms with Gasteiger partial charge in [-0.1, -0.05) is 78.6 Å². The van der Waals surface area contributed by atoms with Crippen molar-refractivity contribution in [3.8, 4) is 0 Å². The number of esters is 2. The van der Waals surface area contributed by atoms with Crippen molar-refractivity contribution < 1.29 is 19.1 Å². The Kier molecular flexibility index (Phi) is 14.6. The molecule has 0 aliphatic carbocycles. The molecule has 0 bridgehead atoms. The Morgan fingerprint density at radius 1 is 0.640 bits per heavy atom. The lowest BCUT2D eigenvalue weighted by atomic mass is 9.82. The number of hydrogen-bond acceptors (Lipinski definition) is 4. The second-order valence-electron chi connectivity index (χ2n) is 6.83. The van der Waals surface area contributed by atoms with Gasteiger partial charge in [-0.2, -0.15) is 0 Å². The molecule has 0 heterocycles. The van der Waals surface area contributed by atoms with Gasteiger partial charge < -0.3 is 9.47 Å². The van der Waals surface area contributed by atoms with Crippen molar-refractivity contribution in [1.29, 1.82) is 0 Å². The third-order valence-corrected chi connectivity index (χ3v) is 5.00. The molecule has 0 amide bonds. The van der Waals surface area contributed by atoms with E-state index in [2.05, 4.69) is 6.92 Å². The molecule has 0 aromatic carbocycles. The molecule has 4 heteroatoms. The summed E-state index contributed by atoms with van der Waals surface area (Å²) in [5.74, 6) is -0.875. The Labute approximate surface area is 155 Å². The fraction of sp³-hybridized carbons (Fsp3) is 0.905. The summed E-state index contributed by atoms with van der Waals surface area (Å²) in [7, 11) is 0. The van der Waals surface area contributed by atoms with Gasteiger partial charge in [0.05, 0.1) is 13.2 Å². The molecule has 0 aromatic rings. The first-order valence-corrected chi connectivity index (χ1v) is 10.4. The van der Waals surface area contributed by atoms with E-state index in [9.17, 15) is 9.59 Å². The van der Waals surface area contributed by atoms with Crippen LogP contribution in [0.3, 0.4) is 0 Å². The molecule has 0 unspecified atom stereocenters. The van der Waals surface area contributed by atoms with E-state index in [-0.39, 0.29) is 6.61 Å². The van der Waals surface area contributed by atoms with E-state index in [1.54, 1.807) is 6.92 Å². The van der Waals surface area contributed by atoms with E-state index in [1.807, 2.05) is 13.8 Å². The smallest absolute Gasteiger partial charge is 0.323 e. The molecule has 0 fully saturated rings. The average Bonchev–Trinajstić information content (AvgIpc) is 2.61. The van der Waals surface area contributed by atoms with Crippen LogP contribution in [-0.4, -0.2) is 25.2 Å². The number of unbranched alkanes of at least 4 members (excludes halogenated alkanes) is 9. The molecule has 0 rings (SSSR count). The second-order valence-corrected chi connectivity index (χ2v) is 6.83. The van der Waals surface area contributed by atoms with Gasteiger partial charge in [-0.25, -0.2) is 0 Å². The first-order valence-electron chi connectivity index (χ1n) is 10.4. The van der Waals surface area contributed by atoms with Crippen molar-refractivity contribution in [2.45, 2.75) is 105 Å². The third kappa shape index (κ3) is 9.27. The monoisotopic (exact) mass is 356 g/mol. The number of hydrogen-bond donors (Lipinski definition) is 0. The highest BCUT2D eigenvalue weighted by Crippen LogP contribution is 2.30. The molecule has 0 atom stereocenters. The van der Waals surface area contributed by atoms with Crippen molar-refractivity contribution in [1.82, 2.24) is 0 Å². The molecule has 0 aliphatic heterocycles. The zero-order chi connectivity index (χ0) is 19.0. The van der Waals surface area contributed by atoms with Crippen molar-refractivity contribution in [3.63, 3.8) is 0 Å². The largest absolute Gasteiger partial charge is 0.465 e.